The van der Waals surface area contributed by atoms with Gasteiger partial charge in [-0.25, -0.2) is 26.6 Å². The maximum absolute atomic E-state index is 13.6. The average molecular weight is 422 g/mol. The van der Waals surface area contributed by atoms with Gasteiger partial charge in [0.25, 0.3) is 15.9 Å². The van der Waals surface area contributed by atoms with Gasteiger partial charge in [-0.3, -0.25) is 10.2 Å². The van der Waals surface area contributed by atoms with Crippen LogP contribution in [0.3, 0.4) is 0 Å². The normalized spacial score (nSPS) is 15.0. The number of carbonyl (C=O) groups is 1. The van der Waals surface area contributed by atoms with E-state index in [4.69, 9.17) is 4.74 Å². The summed E-state index contributed by atoms with van der Waals surface area (Å²) in [5, 5.41) is 1.99. The first-order valence-electron chi connectivity index (χ1n) is 7.53. The molecule has 1 aliphatic heterocycles. The number of amides is 1. The molecule has 8 nitrogen and oxygen atoms in total. The summed E-state index contributed by atoms with van der Waals surface area (Å²) in [4.78, 5) is 18.6. The van der Waals surface area contributed by atoms with Gasteiger partial charge in [-0.2, -0.15) is 0 Å². The maximum Gasteiger partial charge on any atom is 0.285 e. The summed E-state index contributed by atoms with van der Waals surface area (Å²) in [6, 6.07) is 1.01. The highest BCUT2D eigenvalue weighted by Gasteiger charge is 2.25. The Morgan fingerprint density at radius 1 is 1.19 bits per heavy atom. The van der Waals surface area contributed by atoms with E-state index in [-0.39, 0.29) is 5.69 Å². The molecule has 0 saturated carbocycles. The van der Waals surface area contributed by atoms with Crippen LogP contribution >= 0.6 is 11.3 Å². The van der Waals surface area contributed by atoms with Crippen LogP contribution in [-0.4, -0.2) is 45.6 Å². The Hall–Kier alpha value is -2.22. The van der Waals surface area contributed by atoms with Crippen LogP contribution < -0.4 is 15.2 Å². The summed E-state index contributed by atoms with van der Waals surface area (Å²) in [5.41, 5.74) is 1.80. The lowest BCUT2D eigenvalue weighted by atomic mass is 10.3. The molecule has 2 N–H and O–H groups in total. The van der Waals surface area contributed by atoms with Crippen molar-refractivity contribution in [2.24, 2.45) is 0 Å². The lowest BCUT2D eigenvalue weighted by Crippen LogP contribution is -2.42. The van der Waals surface area contributed by atoms with Crippen molar-refractivity contribution in [3.63, 3.8) is 0 Å². The zero-order valence-corrected chi connectivity index (χ0v) is 15.2. The predicted molar refractivity (Wildman–Crippen MR) is 89.2 cm³/mol. The van der Waals surface area contributed by atoms with E-state index in [0.717, 1.165) is 0 Å². The molecule has 1 aliphatic rings. The van der Waals surface area contributed by atoms with E-state index >= 15 is 0 Å². The van der Waals surface area contributed by atoms with E-state index in [1.165, 1.54) is 16.7 Å². The Labute approximate surface area is 156 Å². The van der Waals surface area contributed by atoms with Crippen LogP contribution in [0.2, 0.25) is 0 Å². The fraction of sp³-hybridized carbons (Fsp3) is 0.286. The summed E-state index contributed by atoms with van der Waals surface area (Å²) >= 11 is 1.19. The number of sulfonamides is 1. The number of ether oxygens (including phenoxy) is 1. The minimum absolute atomic E-state index is 0.0602. The topological polar surface area (TPSA) is 101 Å². The highest BCUT2D eigenvalue weighted by Crippen LogP contribution is 2.22. The van der Waals surface area contributed by atoms with Crippen LogP contribution in [0.15, 0.2) is 22.4 Å². The van der Waals surface area contributed by atoms with Gasteiger partial charge < -0.3 is 9.64 Å². The number of halogens is 3. The van der Waals surface area contributed by atoms with Crippen LogP contribution in [0.1, 0.15) is 10.5 Å². The van der Waals surface area contributed by atoms with Gasteiger partial charge in [0.1, 0.15) is 10.6 Å². The van der Waals surface area contributed by atoms with Crippen molar-refractivity contribution < 1.29 is 31.1 Å². The number of rotatable bonds is 5. The number of aromatic nitrogens is 1. The third-order valence-corrected chi connectivity index (χ3v) is 5.76. The molecular weight excluding hydrogens is 409 g/mol. The van der Waals surface area contributed by atoms with Crippen LogP contribution in [0, 0.1) is 17.5 Å². The molecule has 0 unspecified atom stereocenters. The van der Waals surface area contributed by atoms with Gasteiger partial charge in [0, 0.05) is 18.5 Å². The lowest BCUT2D eigenvalue weighted by molar-refractivity contribution is 0.0940. The van der Waals surface area contributed by atoms with Gasteiger partial charge in [-0.15, -0.1) is 16.2 Å². The number of anilines is 1. The molecule has 2 aromatic rings. The summed E-state index contributed by atoms with van der Waals surface area (Å²) in [5.74, 6) is -6.25. The second-order valence-corrected chi connectivity index (χ2v) is 7.84. The first-order valence-corrected chi connectivity index (χ1v) is 9.90. The number of hydrogen-bond donors (Lipinski definition) is 2. The number of nitrogens with one attached hydrogen (secondary N) is 2. The van der Waals surface area contributed by atoms with E-state index in [1.807, 2.05) is 10.3 Å². The molecule has 13 heteroatoms. The van der Waals surface area contributed by atoms with E-state index in [1.54, 1.807) is 4.83 Å². The molecule has 146 valence electrons. The fourth-order valence-corrected chi connectivity index (χ4v) is 3.99. The molecule has 1 aromatic carbocycles. The van der Waals surface area contributed by atoms with Crippen molar-refractivity contribution in [3.05, 3.63) is 40.7 Å². The highest BCUT2D eigenvalue weighted by molar-refractivity contribution is 7.89. The van der Waals surface area contributed by atoms with Gasteiger partial charge in [0.15, 0.2) is 22.6 Å². The van der Waals surface area contributed by atoms with Gasteiger partial charge in [0.05, 0.1) is 13.2 Å². The largest absolute Gasteiger partial charge is 0.378 e. The molecule has 1 fully saturated rings. The van der Waals surface area contributed by atoms with Gasteiger partial charge >= 0.3 is 0 Å². The third-order valence-electron chi connectivity index (χ3n) is 3.59. The molecule has 2 heterocycles. The van der Waals surface area contributed by atoms with Gasteiger partial charge in [0.2, 0.25) is 0 Å². The van der Waals surface area contributed by atoms with E-state index in [9.17, 15) is 26.4 Å². The molecule has 27 heavy (non-hydrogen) atoms. The molecule has 0 bridgehead atoms. The SMILES string of the molecule is O=C(NNS(=O)(=O)c1ccc(F)c(F)c1F)c1csc(N2CCOCC2)n1. The monoisotopic (exact) mass is 422 g/mol. The van der Waals surface area contributed by atoms with Gasteiger partial charge in [-0.1, -0.05) is 0 Å². The fourth-order valence-electron chi connectivity index (χ4n) is 2.22. The number of thiazole rings is 1. The van der Waals surface area contributed by atoms with E-state index in [0.29, 0.717) is 43.6 Å². The molecule has 0 atom stereocenters. The second-order valence-electron chi connectivity index (χ2n) is 5.35. The summed E-state index contributed by atoms with van der Waals surface area (Å²) in [7, 11) is -4.66. The molecule has 3 rings (SSSR count). The standard InChI is InChI=1S/C14H13F3N4O4S2/c15-8-1-2-10(12(17)11(8)16)27(23,24)20-19-13(22)9-7-26-14(18-9)21-3-5-25-6-4-21/h1-2,7,20H,3-6H2,(H,19,22). The Morgan fingerprint density at radius 3 is 2.59 bits per heavy atom. The first-order chi connectivity index (χ1) is 12.8. The van der Waals surface area contributed by atoms with Crippen molar-refractivity contribution in [3.8, 4) is 0 Å². The summed E-state index contributed by atoms with van der Waals surface area (Å²) in [6.07, 6.45) is 0. The Kier molecular flexibility index (Phi) is 5.64. The quantitative estimate of drug-likeness (QED) is 0.551. The Balaban J connectivity index is 1.68. The lowest BCUT2D eigenvalue weighted by Gasteiger charge is -2.25. The average Bonchev–Trinajstić information content (AvgIpc) is 3.15. The van der Waals surface area contributed by atoms with Crippen LogP contribution in [0.25, 0.3) is 0 Å². The van der Waals surface area contributed by atoms with E-state index < -0.39 is 38.3 Å². The number of benzene rings is 1. The number of carbonyl (C=O) groups excluding carboxylic acids is 1. The van der Waals surface area contributed by atoms with Crippen molar-refractivity contribution in [2.75, 3.05) is 31.2 Å². The Morgan fingerprint density at radius 2 is 1.89 bits per heavy atom. The summed E-state index contributed by atoms with van der Waals surface area (Å²) in [6.45, 7) is 2.27. The molecule has 1 amide bonds. The van der Waals surface area contributed by atoms with E-state index in [2.05, 4.69) is 4.98 Å². The second kappa shape index (κ2) is 7.80. The molecule has 1 saturated heterocycles. The number of morpholine rings is 1. The summed E-state index contributed by atoms with van der Waals surface area (Å²) < 4.78 is 69.0. The van der Waals surface area contributed by atoms with Crippen molar-refractivity contribution in [1.82, 2.24) is 15.2 Å². The van der Waals surface area contributed by atoms with Crippen LogP contribution in [0.5, 0.6) is 0 Å². The zero-order valence-electron chi connectivity index (χ0n) is 13.5. The molecule has 0 radical (unpaired) electrons. The van der Waals surface area contributed by atoms with Crippen LogP contribution in [-0.2, 0) is 14.8 Å². The van der Waals surface area contributed by atoms with Crippen molar-refractivity contribution in [2.45, 2.75) is 4.90 Å². The number of hydrogen-bond acceptors (Lipinski definition) is 7. The number of hydrazine groups is 1. The Bertz CT molecular complexity index is 961. The molecule has 0 spiro atoms. The van der Waals surface area contributed by atoms with Crippen LogP contribution in [0.4, 0.5) is 18.3 Å². The molecular formula is C14H13F3N4O4S2. The smallest absolute Gasteiger partial charge is 0.285 e. The minimum Gasteiger partial charge on any atom is -0.378 e. The maximum atomic E-state index is 13.6. The highest BCUT2D eigenvalue weighted by atomic mass is 32.2. The molecule has 1 aromatic heterocycles. The predicted octanol–water partition coefficient (Wildman–Crippen LogP) is 1.02. The van der Waals surface area contributed by atoms with Gasteiger partial charge in [-0.05, 0) is 12.1 Å². The van der Waals surface area contributed by atoms with Crippen molar-refractivity contribution >= 4 is 32.4 Å². The zero-order chi connectivity index (χ0) is 19.6. The third kappa shape index (κ3) is 4.21. The van der Waals surface area contributed by atoms with Crippen molar-refractivity contribution in [1.29, 1.82) is 0 Å². The minimum atomic E-state index is -4.66. The first kappa shape index (κ1) is 19.5. The molecule has 0 aliphatic carbocycles. The number of nitrogens with zero attached hydrogens (tertiary/aromatic N) is 2.